The summed E-state index contributed by atoms with van der Waals surface area (Å²) in [6.07, 6.45) is 3.63. The van der Waals surface area contributed by atoms with Gasteiger partial charge in [0.2, 0.25) is 0 Å². The van der Waals surface area contributed by atoms with Gasteiger partial charge in [-0.1, -0.05) is 12.1 Å². The van der Waals surface area contributed by atoms with Crippen LogP contribution in [0, 0.1) is 13.8 Å². The molecule has 0 bridgehead atoms. The van der Waals surface area contributed by atoms with Gasteiger partial charge in [-0.3, -0.25) is 9.97 Å². The molecule has 0 aliphatic carbocycles. The number of hydrogen-bond donors (Lipinski definition) is 2. The van der Waals surface area contributed by atoms with Gasteiger partial charge < -0.3 is 19.9 Å². The molecule has 1 aromatic carbocycles. The minimum absolute atomic E-state index is 0.0496. The number of benzene rings is 1. The third-order valence-corrected chi connectivity index (χ3v) is 6.51. The van der Waals surface area contributed by atoms with Gasteiger partial charge in [0.25, 0.3) is 0 Å². The van der Waals surface area contributed by atoms with Gasteiger partial charge in [-0.05, 0) is 86.2 Å². The molecule has 166 valence electrons. The summed E-state index contributed by atoms with van der Waals surface area (Å²) in [5, 5.41) is 13.9. The summed E-state index contributed by atoms with van der Waals surface area (Å²) >= 11 is 5.81. The molecule has 2 atom stereocenters. The lowest BCUT2D eigenvalue weighted by Crippen LogP contribution is -2.29. The SMILES string of the molecule is Cc1cc(C2C(c3ccccn3)NC(=S)N2Cc2ccccn2)c(C)n1-c1ccc(O)cc1. The highest BCUT2D eigenvalue weighted by Gasteiger charge is 2.41. The van der Waals surface area contributed by atoms with Crippen LogP contribution in [0.5, 0.6) is 5.75 Å². The Morgan fingerprint density at radius 3 is 2.36 bits per heavy atom. The summed E-state index contributed by atoms with van der Waals surface area (Å²) in [5.74, 6) is 0.253. The van der Waals surface area contributed by atoms with Crippen molar-refractivity contribution in [3.05, 3.63) is 107 Å². The van der Waals surface area contributed by atoms with Crippen LogP contribution in [-0.2, 0) is 6.54 Å². The van der Waals surface area contributed by atoms with E-state index in [9.17, 15) is 5.11 Å². The van der Waals surface area contributed by atoms with Crippen LogP contribution in [0.25, 0.3) is 5.69 Å². The van der Waals surface area contributed by atoms with Crippen molar-refractivity contribution in [3.63, 3.8) is 0 Å². The van der Waals surface area contributed by atoms with E-state index in [0.717, 1.165) is 28.5 Å². The van der Waals surface area contributed by atoms with Crippen molar-refractivity contribution in [2.75, 3.05) is 0 Å². The lowest BCUT2D eigenvalue weighted by Gasteiger charge is -2.28. The summed E-state index contributed by atoms with van der Waals surface area (Å²) in [5.41, 5.74) is 6.33. The minimum Gasteiger partial charge on any atom is -0.508 e. The second kappa shape index (κ2) is 8.67. The molecule has 33 heavy (non-hydrogen) atoms. The fourth-order valence-electron chi connectivity index (χ4n) is 4.67. The number of rotatable bonds is 5. The molecule has 5 rings (SSSR count). The van der Waals surface area contributed by atoms with Gasteiger partial charge in [0.1, 0.15) is 5.75 Å². The third-order valence-electron chi connectivity index (χ3n) is 6.15. The predicted molar refractivity (Wildman–Crippen MR) is 132 cm³/mol. The number of aryl methyl sites for hydroxylation is 1. The Hall–Kier alpha value is -3.71. The Bertz CT molecular complexity index is 1270. The Balaban J connectivity index is 1.61. The average Bonchev–Trinajstić information content (AvgIpc) is 3.31. The number of aromatic nitrogens is 3. The van der Waals surface area contributed by atoms with Crippen LogP contribution >= 0.6 is 12.2 Å². The number of phenolic OH excluding ortho intramolecular Hbond substituents is 1. The number of aromatic hydroxyl groups is 1. The van der Waals surface area contributed by atoms with Crippen molar-refractivity contribution >= 4 is 17.3 Å². The molecule has 2 N–H and O–H groups in total. The Morgan fingerprint density at radius 2 is 1.70 bits per heavy atom. The zero-order chi connectivity index (χ0) is 22.9. The van der Waals surface area contributed by atoms with Gasteiger partial charge in [-0.15, -0.1) is 0 Å². The van der Waals surface area contributed by atoms with E-state index < -0.39 is 0 Å². The fraction of sp³-hybridized carbons (Fsp3) is 0.192. The van der Waals surface area contributed by atoms with E-state index in [4.69, 9.17) is 12.2 Å². The van der Waals surface area contributed by atoms with E-state index >= 15 is 0 Å². The van der Waals surface area contributed by atoms with Crippen LogP contribution in [-0.4, -0.2) is 29.7 Å². The van der Waals surface area contributed by atoms with Crippen LogP contribution < -0.4 is 5.32 Å². The Labute approximate surface area is 198 Å². The standard InChI is InChI=1S/C26H25N5OS/c1-17-15-22(18(2)31(17)20-9-11-21(32)12-10-20)25-24(23-8-4-6-14-28-23)29-26(33)30(25)16-19-7-3-5-13-27-19/h3-15,24-25,32H,16H2,1-2H3,(H,29,33). The van der Waals surface area contributed by atoms with E-state index in [1.54, 1.807) is 12.1 Å². The minimum atomic E-state index is -0.0869. The monoisotopic (exact) mass is 455 g/mol. The lowest BCUT2D eigenvalue weighted by molar-refractivity contribution is 0.307. The number of nitrogens with one attached hydrogen (secondary N) is 1. The van der Waals surface area contributed by atoms with Gasteiger partial charge >= 0.3 is 0 Å². The van der Waals surface area contributed by atoms with Crippen LogP contribution in [0.4, 0.5) is 0 Å². The van der Waals surface area contributed by atoms with Crippen molar-refractivity contribution in [1.29, 1.82) is 0 Å². The maximum absolute atomic E-state index is 9.73. The highest BCUT2D eigenvalue weighted by Crippen LogP contribution is 2.42. The fourth-order valence-corrected chi connectivity index (χ4v) is 4.97. The number of phenols is 1. The van der Waals surface area contributed by atoms with Crippen LogP contribution in [0.15, 0.2) is 79.1 Å². The first-order valence-corrected chi connectivity index (χ1v) is 11.3. The second-order valence-corrected chi connectivity index (χ2v) is 8.64. The largest absolute Gasteiger partial charge is 0.508 e. The molecule has 0 spiro atoms. The van der Waals surface area contributed by atoms with Crippen LogP contribution in [0.3, 0.4) is 0 Å². The number of thiocarbonyl (C=S) groups is 1. The molecular formula is C26H25N5OS. The summed E-state index contributed by atoms with van der Waals surface area (Å²) in [4.78, 5) is 11.4. The van der Waals surface area contributed by atoms with Gasteiger partial charge in [-0.25, -0.2) is 0 Å². The molecule has 1 aliphatic rings. The van der Waals surface area contributed by atoms with Crippen LogP contribution in [0.2, 0.25) is 0 Å². The quantitative estimate of drug-likeness (QED) is 0.423. The number of hydrogen-bond acceptors (Lipinski definition) is 4. The van der Waals surface area contributed by atoms with Gasteiger partial charge in [-0.2, -0.15) is 0 Å². The second-order valence-electron chi connectivity index (χ2n) is 8.25. The lowest BCUT2D eigenvalue weighted by atomic mass is 9.96. The molecule has 3 aromatic heterocycles. The molecule has 1 saturated heterocycles. The van der Waals surface area contributed by atoms with E-state index in [0.29, 0.717) is 11.7 Å². The molecular weight excluding hydrogens is 430 g/mol. The summed E-state index contributed by atoms with van der Waals surface area (Å²) in [7, 11) is 0. The molecule has 1 aliphatic heterocycles. The van der Waals surface area contributed by atoms with Crippen molar-refractivity contribution < 1.29 is 5.11 Å². The zero-order valence-corrected chi connectivity index (χ0v) is 19.3. The van der Waals surface area contributed by atoms with Gasteiger partial charge in [0.05, 0.1) is 30.0 Å². The third kappa shape index (κ3) is 3.96. The van der Waals surface area contributed by atoms with Crippen molar-refractivity contribution in [2.45, 2.75) is 32.5 Å². The maximum atomic E-state index is 9.73. The van der Waals surface area contributed by atoms with Gasteiger partial charge in [0.15, 0.2) is 5.11 Å². The van der Waals surface area contributed by atoms with E-state index in [-0.39, 0.29) is 17.8 Å². The maximum Gasteiger partial charge on any atom is 0.170 e. The topological polar surface area (TPSA) is 66.2 Å². The summed E-state index contributed by atoms with van der Waals surface area (Å²) in [6, 6.07) is 21.3. The highest BCUT2D eigenvalue weighted by molar-refractivity contribution is 7.80. The molecule has 1 fully saturated rings. The number of nitrogens with zero attached hydrogens (tertiary/aromatic N) is 4. The Kier molecular flexibility index (Phi) is 5.56. The molecule has 2 unspecified atom stereocenters. The van der Waals surface area contributed by atoms with Crippen molar-refractivity contribution in [1.82, 2.24) is 24.8 Å². The molecule has 0 saturated carbocycles. The first-order valence-electron chi connectivity index (χ1n) is 10.9. The van der Waals surface area contributed by atoms with E-state index in [1.807, 2.05) is 60.9 Å². The summed E-state index contributed by atoms with van der Waals surface area (Å²) < 4.78 is 2.21. The Morgan fingerprint density at radius 1 is 0.970 bits per heavy atom. The molecule has 6 nitrogen and oxygen atoms in total. The molecule has 0 radical (unpaired) electrons. The molecule has 4 heterocycles. The molecule has 7 heteroatoms. The first kappa shape index (κ1) is 21.2. The predicted octanol–water partition coefficient (Wildman–Crippen LogP) is 4.76. The van der Waals surface area contributed by atoms with E-state index in [1.165, 1.54) is 5.56 Å². The highest BCUT2D eigenvalue weighted by atomic mass is 32.1. The van der Waals surface area contributed by atoms with Crippen LogP contribution in [0.1, 0.15) is 40.4 Å². The zero-order valence-electron chi connectivity index (χ0n) is 18.5. The normalized spacial score (nSPS) is 17.9. The smallest absolute Gasteiger partial charge is 0.170 e. The molecule has 4 aromatic rings. The summed E-state index contributed by atoms with van der Waals surface area (Å²) in [6.45, 7) is 4.83. The molecule has 0 amide bonds. The van der Waals surface area contributed by atoms with Gasteiger partial charge in [0, 0.05) is 29.5 Å². The number of pyridine rings is 2. The van der Waals surface area contributed by atoms with Crippen molar-refractivity contribution in [2.24, 2.45) is 0 Å². The first-order chi connectivity index (χ1) is 16.0. The van der Waals surface area contributed by atoms with E-state index in [2.05, 4.69) is 44.7 Å². The average molecular weight is 456 g/mol. The van der Waals surface area contributed by atoms with Crippen molar-refractivity contribution in [3.8, 4) is 11.4 Å².